The van der Waals surface area contributed by atoms with Crippen LogP contribution >= 0.6 is 0 Å². The van der Waals surface area contributed by atoms with Crippen LogP contribution in [0.3, 0.4) is 0 Å². The van der Waals surface area contributed by atoms with E-state index in [4.69, 9.17) is 5.73 Å². The Labute approximate surface area is 121 Å². The van der Waals surface area contributed by atoms with Crippen molar-refractivity contribution in [2.45, 2.75) is 56.5 Å². The van der Waals surface area contributed by atoms with Crippen molar-refractivity contribution in [2.75, 3.05) is 19.3 Å². The molecule has 0 spiro atoms. The first-order valence-electron chi connectivity index (χ1n) is 7.36. The lowest BCUT2D eigenvalue weighted by atomic mass is 9.93. The van der Waals surface area contributed by atoms with Gasteiger partial charge in [0.15, 0.2) is 0 Å². The monoisotopic (exact) mass is 303 g/mol. The molecule has 0 bridgehead atoms. The zero-order valence-corrected chi connectivity index (χ0v) is 12.9. The van der Waals surface area contributed by atoms with Crippen molar-refractivity contribution >= 4 is 15.9 Å². The summed E-state index contributed by atoms with van der Waals surface area (Å²) in [4.78, 5) is 14.5. The second kappa shape index (κ2) is 5.99. The molecular formula is C13H25N3O3S. The highest BCUT2D eigenvalue weighted by atomic mass is 32.2. The summed E-state index contributed by atoms with van der Waals surface area (Å²) in [6.07, 6.45) is 7.47. The normalized spacial score (nSPS) is 26.7. The molecule has 2 fully saturated rings. The van der Waals surface area contributed by atoms with E-state index in [1.165, 1.54) is 0 Å². The Balaban J connectivity index is 2.04. The minimum Gasteiger partial charge on any atom is -0.337 e. The topological polar surface area (TPSA) is 92.5 Å². The molecule has 2 aliphatic rings. The van der Waals surface area contributed by atoms with Gasteiger partial charge in [0.2, 0.25) is 15.9 Å². The molecule has 7 heteroatoms. The molecule has 1 unspecified atom stereocenters. The SMILES string of the molecule is CS(=O)(=O)NCC1CCCCN1C(=O)C1(N)CCCC1. The highest BCUT2D eigenvalue weighted by molar-refractivity contribution is 7.88. The number of nitrogens with one attached hydrogen (secondary N) is 1. The third-order valence-corrected chi connectivity index (χ3v) is 5.08. The molecule has 0 aromatic rings. The van der Waals surface area contributed by atoms with Gasteiger partial charge in [0, 0.05) is 19.1 Å². The molecule has 1 heterocycles. The molecule has 20 heavy (non-hydrogen) atoms. The summed E-state index contributed by atoms with van der Waals surface area (Å²) in [7, 11) is -3.23. The molecule has 1 amide bonds. The van der Waals surface area contributed by atoms with Crippen LogP contribution in [0.4, 0.5) is 0 Å². The first-order valence-corrected chi connectivity index (χ1v) is 9.26. The fourth-order valence-corrected chi connectivity index (χ4v) is 3.73. The van der Waals surface area contributed by atoms with Crippen LogP contribution in [0.5, 0.6) is 0 Å². The van der Waals surface area contributed by atoms with E-state index >= 15 is 0 Å². The maximum absolute atomic E-state index is 12.7. The van der Waals surface area contributed by atoms with Gasteiger partial charge in [-0.05, 0) is 32.1 Å². The zero-order valence-electron chi connectivity index (χ0n) is 12.1. The molecule has 2 rings (SSSR count). The van der Waals surface area contributed by atoms with Crippen molar-refractivity contribution in [2.24, 2.45) is 5.73 Å². The van der Waals surface area contributed by atoms with Crippen LogP contribution in [0.1, 0.15) is 44.9 Å². The Morgan fingerprint density at radius 1 is 1.30 bits per heavy atom. The number of piperidine rings is 1. The maximum atomic E-state index is 12.7. The van der Waals surface area contributed by atoms with E-state index in [9.17, 15) is 13.2 Å². The Bertz CT molecular complexity index is 457. The smallest absolute Gasteiger partial charge is 0.242 e. The van der Waals surface area contributed by atoms with E-state index < -0.39 is 15.6 Å². The van der Waals surface area contributed by atoms with Crippen LogP contribution in [-0.4, -0.2) is 50.2 Å². The minimum absolute atomic E-state index is 0.00926. The summed E-state index contributed by atoms with van der Waals surface area (Å²) >= 11 is 0. The van der Waals surface area contributed by atoms with Gasteiger partial charge in [-0.25, -0.2) is 13.1 Å². The van der Waals surface area contributed by atoms with Gasteiger partial charge in [0.1, 0.15) is 0 Å². The van der Waals surface area contributed by atoms with Crippen LogP contribution in [-0.2, 0) is 14.8 Å². The van der Waals surface area contributed by atoms with Crippen molar-refractivity contribution < 1.29 is 13.2 Å². The minimum atomic E-state index is -3.23. The average molecular weight is 303 g/mol. The summed E-state index contributed by atoms with van der Waals surface area (Å²) < 4.78 is 25.0. The van der Waals surface area contributed by atoms with E-state index in [0.29, 0.717) is 13.1 Å². The summed E-state index contributed by atoms with van der Waals surface area (Å²) in [5.74, 6) is 0.00926. The number of nitrogens with zero attached hydrogens (tertiary/aromatic N) is 1. The average Bonchev–Trinajstić information content (AvgIpc) is 2.83. The molecule has 1 aliphatic carbocycles. The second-order valence-corrected chi connectivity index (χ2v) is 7.97. The van der Waals surface area contributed by atoms with E-state index in [2.05, 4.69) is 4.72 Å². The quantitative estimate of drug-likeness (QED) is 0.775. The number of hydrogen-bond acceptors (Lipinski definition) is 4. The Morgan fingerprint density at radius 2 is 1.95 bits per heavy atom. The molecule has 6 nitrogen and oxygen atoms in total. The molecule has 0 aromatic carbocycles. The van der Waals surface area contributed by atoms with Gasteiger partial charge in [-0.3, -0.25) is 4.79 Å². The first-order chi connectivity index (χ1) is 9.32. The Kier molecular flexibility index (Phi) is 4.71. The molecule has 1 saturated heterocycles. The predicted molar refractivity (Wildman–Crippen MR) is 77.6 cm³/mol. The Morgan fingerprint density at radius 3 is 2.55 bits per heavy atom. The lowest BCUT2D eigenvalue weighted by Crippen LogP contribution is -2.59. The molecule has 1 atom stereocenters. The van der Waals surface area contributed by atoms with Crippen LogP contribution in [0.15, 0.2) is 0 Å². The van der Waals surface area contributed by atoms with Crippen molar-refractivity contribution in [3.05, 3.63) is 0 Å². The first kappa shape index (κ1) is 15.7. The fourth-order valence-electron chi connectivity index (χ4n) is 3.23. The summed E-state index contributed by atoms with van der Waals surface area (Å²) in [6.45, 7) is 0.981. The lowest BCUT2D eigenvalue weighted by Gasteiger charge is -2.40. The fraction of sp³-hybridized carbons (Fsp3) is 0.923. The summed E-state index contributed by atoms with van der Waals surface area (Å²) in [6, 6.07) is -0.0630. The van der Waals surface area contributed by atoms with E-state index in [1.54, 1.807) is 0 Å². The molecule has 3 N–H and O–H groups in total. The van der Waals surface area contributed by atoms with Gasteiger partial charge < -0.3 is 10.6 Å². The largest absolute Gasteiger partial charge is 0.337 e. The van der Waals surface area contributed by atoms with Crippen LogP contribution in [0.25, 0.3) is 0 Å². The predicted octanol–water partition coefficient (Wildman–Crippen LogP) is 0.188. The zero-order chi connectivity index (χ0) is 14.8. The maximum Gasteiger partial charge on any atom is 0.242 e. The van der Waals surface area contributed by atoms with E-state index in [1.807, 2.05) is 4.90 Å². The van der Waals surface area contributed by atoms with Crippen LogP contribution < -0.4 is 10.5 Å². The number of likely N-dealkylation sites (tertiary alicyclic amines) is 1. The number of amides is 1. The number of sulfonamides is 1. The number of carbonyl (C=O) groups is 1. The van der Waals surface area contributed by atoms with Gasteiger partial charge in [-0.1, -0.05) is 12.8 Å². The molecular weight excluding hydrogens is 278 g/mol. The standard InChI is InChI=1S/C13H25N3O3S/c1-20(18,19)15-10-11-6-2-5-9-16(11)12(17)13(14)7-3-4-8-13/h11,15H,2-10,14H2,1H3. The third-order valence-electron chi connectivity index (χ3n) is 4.39. The number of nitrogens with two attached hydrogens (primary N) is 1. The third kappa shape index (κ3) is 3.71. The number of hydrogen-bond donors (Lipinski definition) is 2. The van der Waals surface area contributed by atoms with E-state index in [0.717, 1.165) is 51.2 Å². The molecule has 1 saturated carbocycles. The number of rotatable bonds is 4. The molecule has 116 valence electrons. The summed E-state index contributed by atoms with van der Waals surface area (Å²) in [5, 5.41) is 0. The van der Waals surface area contributed by atoms with Crippen molar-refractivity contribution in [3.8, 4) is 0 Å². The molecule has 0 radical (unpaired) electrons. The van der Waals surface area contributed by atoms with Crippen molar-refractivity contribution in [3.63, 3.8) is 0 Å². The molecule has 1 aliphatic heterocycles. The lowest BCUT2D eigenvalue weighted by molar-refractivity contribution is -0.140. The summed E-state index contributed by atoms with van der Waals surface area (Å²) in [5.41, 5.74) is 5.53. The van der Waals surface area contributed by atoms with Gasteiger partial charge in [0.25, 0.3) is 0 Å². The second-order valence-electron chi connectivity index (χ2n) is 6.13. The number of carbonyl (C=O) groups excluding carboxylic acids is 1. The highest BCUT2D eigenvalue weighted by Crippen LogP contribution is 2.31. The van der Waals surface area contributed by atoms with E-state index in [-0.39, 0.29) is 11.9 Å². The van der Waals surface area contributed by atoms with Gasteiger partial charge in [-0.2, -0.15) is 0 Å². The van der Waals surface area contributed by atoms with Gasteiger partial charge >= 0.3 is 0 Å². The van der Waals surface area contributed by atoms with Crippen LogP contribution in [0.2, 0.25) is 0 Å². The van der Waals surface area contributed by atoms with Gasteiger partial charge in [-0.15, -0.1) is 0 Å². The van der Waals surface area contributed by atoms with Crippen molar-refractivity contribution in [1.82, 2.24) is 9.62 Å². The van der Waals surface area contributed by atoms with Gasteiger partial charge in [0.05, 0.1) is 11.8 Å². The van der Waals surface area contributed by atoms with Crippen molar-refractivity contribution in [1.29, 1.82) is 0 Å². The highest BCUT2D eigenvalue weighted by Gasteiger charge is 2.42. The molecule has 0 aromatic heterocycles. The Hall–Kier alpha value is -0.660. The van der Waals surface area contributed by atoms with Crippen LogP contribution in [0, 0.1) is 0 Å².